The highest BCUT2D eigenvalue weighted by Crippen LogP contribution is 2.39. The highest BCUT2D eigenvalue weighted by molar-refractivity contribution is 6.30. The first-order valence-electron chi connectivity index (χ1n) is 5.40. The van der Waals surface area contributed by atoms with Gasteiger partial charge in [0, 0.05) is 11.6 Å². The largest absolute Gasteiger partial charge is 0.385 e. The molecule has 0 spiro atoms. The van der Waals surface area contributed by atoms with Crippen molar-refractivity contribution in [3.63, 3.8) is 0 Å². The lowest BCUT2D eigenvalue weighted by molar-refractivity contribution is -0.00380. The summed E-state index contributed by atoms with van der Waals surface area (Å²) in [6, 6.07) is 1.95. The van der Waals surface area contributed by atoms with Gasteiger partial charge in [0.2, 0.25) is 0 Å². The van der Waals surface area contributed by atoms with Crippen molar-refractivity contribution >= 4 is 11.6 Å². The summed E-state index contributed by atoms with van der Waals surface area (Å²) in [7, 11) is 0. The van der Waals surface area contributed by atoms with Crippen molar-refractivity contribution in [2.75, 3.05) is 0 Å². The molecule has 88 valence electrons. The van der Waals surface area contributed by atoms with Gasteiger partial charge >= 0.3 is 0 Å². The molecule has 1 aromatic carbocycles. The van der Waals surface area contributed by atoms with Crippen LogP contribution in [0.2, 0.25) is 5.02 Å². The van der Waals surface area contributed by atoms with Gasteiger partial charge in [-0.05, 0) is 18.9 Å². The third kappa shape index (κ3) is 2.06. The van der Waals surface area contributed by atoms with Crippen molar-refractivity contribution in [3.05, 3.63) is 34.4 Å². The molecule has 4 heteroatoms. The van der Waals surface area contributed by atoms with E-state index in [0.717, 1.165) is 25.3 Å². The molecule has 0 amide bonds. The van der Waals surface area contributed by atoms with Crippen LogP contribution in [0.3, 0.4) is 0 Å². The molecule has 0 heterocycles. The molecule has 1 nitrogen and oxygen atoms in total. The lowest BCUT2D eigenvalue weighted by atomic mass is 9.79. The third-order valence-electron chi connectivity index (χ3n) is 3.19. The Morgan fingerprint density at radius 2 is 1.69 bits per heavy atom. The van der Waals surface area contributed by atoms with Crippen molar-refractivity contribution in [2.24, 2.45) is 0 Å². The molecular formula is C12H13ClF2O. The van der Waals surface area contributed by atoms with Crippen molar-refractivity contribution in [3.8, 4) is 0 Å². The van der Waals surface area contributed by atoms with Gasteiger partial charge in [0.25, 0.3) is 0 Å². The Balaban J connectivity index is 2.42. The fraction of sp³-hybridized carbons (Fsp3) is 0.500. The van der Waals surface area contributed by atoms with Gasteiger partial charge in [0.05, 0.1) is 10.6 Å². The van der Waals surface area contributed by atoms with E-state index in [4.69, 9.17) is 11.6 Å². The number of benzene rings is 1. The van der Waals surface area contributed by atoms with Gasteiger partial charge in [-0.15, -0.1) is 0 Å². The van der Waals surface area contributed by atoms with Gasteiger partial charge in [0.15, 0.2) is 0 Å². The predicted molar refractivity (Wildman–Crippen MR) is 58.3 cm³/mol. The van der Waals surface area contributed by atoms with Crippen LogP contribution in [0.1, 0.15) is 37.7 Å². The van der Waals surface area contributed by atoms with E-state index in [2.05, 4.69) is 0 Å². The predicted octanol–water partition coefficient (Wildman–Crippen LogP) is 3.77. The summed E-state index contributed by atoms with van der Waals surface area (Å²) in [4.78, 5) is 0. The summed E-state index contributed by atoms with van der Waals surface area (Å²) in [6.45, 7) is 0. The number of halogens is 3. The second kappa shape index (κ2) is 4.30. The van der Waals surface area contributed by atoms with Crippen LogP contribution in [-0.4, -0.2) is 5.11 Å². The monoisotopic (exact) mass is 246 g/mol. The molecule has 0 saturated heterocycles. The van der Waals surface area contributed by atoms with E-state index < -0.39 is 17.2 Å². The first-order valence-corrected chi connectivity index (χ1v) is 5.78. The molecule has 16 heavy (non-hydrogen) atoms. The Hall–Kier alpha value is -0.670. The fourth-order valence-electron chi connectivity index (χ4n) is 2.29. The molecule has 0 aromatic heterocycles. The van der Waals surface area contributed by atoms with Crippen LogP contribution in [0.25, 0.3) is 0 Å². The highest BCUT2D eigenvalue weighted by Gasteiger charge is 2.34. The Bertz CT molecular complexity index is 400. The average molecular weight is 247 g/mol. The van der Waals surface area contributed by atoms with E-state index in [1.54, 1.807) is 0 Å². The second-order valence-electron chi connectivity index (χ2n) is 4.34. The molecule has 0 radical (unpaired) electrons. The van der Waals surface area contributed by atoms with Gasteiger partial charge < -0.3 is 5.11 Å². The number of hydrogen-bond acceptors (Lipinski definition) is 1. The number of aliphatic hydroxyl groups is 1. The summed E-state index contributed by atoms with van der Waals surface area (Å²) in [6.07, 6.45) is 3.76. The normalized spacial score (nSPS) is 19.8. The van der Waals surface area contributed by atoms with E-state index in [9.17, 15) is 13.9 Å². The van der Waals surface area contributed by atoms with Crippen LogP contribution < -0.4 is 0 Å². The van der Waals surface area contributed by atoms with Crippen molar-refractivity contribution in [1.29, 1.82) is 0 Å². The summed E-state index contributed by atoms with van der Waals surface area (Å²) in [5, 5.41) is 10.2. The fourth-order valence-corrected chi connectivity index (χ4v) is 2.45. The molecule has 1 aromatic rings. The van der Waals surface area contributed by atoms with Crippen molar-refractivity contribution in [2.45, 2.75) is 37.7 Å². The SMILES string of the molecule is OC1(c2cc(Cl)c(F)cc2F)CCCCC1. The molecule has 2 rings (SSSR count). The standard InChI is InChI=1S/C12H13ClF2O/c13-9-6-8(10(14)7-11(9)15)12(16)4-2-1-3-5-12/h6-7,16H,1-5H2. The zero-order chi connectivity index (χ0) is 11.8. The van der Waals surface area contributed by atoms with E-state index in [1.165, 1.54) is 6.07 Å². The average Bonchev–Trinajstić information content (AvgIpc) is 2.24. The molecule has 1 aliphatic rings. The molecule has 1 N–H and O–H groups in total. The Morgan fingerprint density at radius 3 is 2.31 bits per heavy atom. The summed E-state index contributed by atoms with van der Waals surface area (Å²) >= 11 is 5.61. The topological polar surface area (TPSA) is 20.2 Å². The zero-order valence-electron chi connectivity index (χ0n) is 8.77. The molecular weight excluding hydrogens is 234 g/mol. The summed E-state index contributed by atoms with van der Waals surface area (Å²) in [5.41, 5.74) is -1.06. The van der Waals surface area contributed by atoms with Gasteiger partial charge in [-0.25, -0.2) is 8.78 Å². The van der Waals surface area contributed by atoms with Gasteiger partial charge in [-0.3, -0.25) is 0 Å². The minimum Gasteiger partial charge on any atom is -0.385 e. The van der Waals surface area contributed by atoms with Gasteiger partial charge in [0.1, 0.15) is 11.6 Å². The summed E-state index contributed by atoms with van der Waals surface area (Å²) < 4.78 is 26.6. The molecule has 0 bridgehead atoms. The quantitative estimate of drug-likeness (QED) is 0.748. The van der Waals surface area contributed by atoms with Crippen molar-refractivity contribution in [1.82, 2.24) is 0 Å². The first kappa shape index (κ1) is 11.8. The summed E-state index contributed by atoms with van der Waals surface area (Å²) in [5.74, 6) is -1.51. The lowest BCUT2D eigenvalue weighted by Gasteiger charge is -2.32. The first-order chi connectivity index (χ1) is 7.53. The number of hydrogen-bond donors (Lipinski definition) is 1. The van der Waals surface area contributed by atoms with E-state index in [1.807, 2.05) is 0 Å². The van der Waals surface area contributed by atoms with Crippen LogP contribution in [-0.2, 0) is 5.60 Å². The van der Waals surface area contributed by atoms with Gasteiger partial charge in [-0.2, -0.15) is 0 Å². The molecule has 0 atom stereocenters. The maximum atomic E-state index is 13.6. The maximum Gasteiger partial charge on any atom is 0.144 e. The van der Waals surface area contributed by atoms with Crippen LogP contribution in [0.5, 0.6) is 0 Å². The van der Waals surface area contributed by atoms with Crippen LogP contribution >= 0.6 is 11.6 Å². The Morgan fingerprint density at radius 1 is 1.06 bits per heavy atom. The van der Waals surface area contributed by atoms with Gasteiger partial charge in [-0.1, -0.05) is 30.9 Å². The zero-order valence-corrected chi connectivity index (χ0v) is 9.53. The highest BCUT2D eigenvalue weighted by atomic mass is 35.5. The van der Waals surface area contributed by atoms with E-state index in [-0.39, 0.29) is 10.6 Å². The Kier molecular flexibility index (Phi) is 3.17. The van der Waals surface area contributed by atoms with Crippen LogP contribution in [0.15, 0.2) is 12.1 Å². The minimum atomic E-state index is -1.18. The third-order valence-corrected chi connectivity index (χ3v) is 3.48. The van der Waals surface area contributed by atoms with E-state index >= 15 is 0 Å². The molecule has 0 aliphatic heterocycles. The maximum absolute atomic E-state index is 13.6. The minimum absolute atomic E-state index is 0.124. The van der Waals surface area contributed by atoms with E-state index in [0.29, 0.717) is 12.8 Å². The number of rotatable bonds is 1. The molecule has 1 aliphatic carbocycles. The smallest absolute Gasteiger partial charge is 0.144 e. The molecule has 1 saturated carbocycles. The van der Waals surface area contributed by atoms with Crippen LogP contribution in [0.4, 0.5) is 8.78 Å². The Labute approximate surface area is 98.0 Å². The molecule has 1 fully saturated rings. The van der Waals surface area contributed by atoms with Crippen molar-refractivity contribution < 1.29 is 13.9 Å². The van der Waals surface area contributed by atoms with Crippen LogP contribution in [0, 0.1) is 11.6 Å². The lowest BCUT2D eigenvalue weighted by Crippen LogP contribution is -2.29. The second-order valence-corrected chi connectivity index (χ2v) is 4.75. The molecule has 0 unspecified atom stereocenters.